The molecule has 4 nitrogen and oxygen atoms in total. The van der Waals surface area contributed by atoms with Crippen molar-refractivity contribution < 1.29 is 4.79 Å². The Morgan fingerprint density at radius 3 is 2.93 bits per heavy atom. The normalized spacial score (nSPS) is 15.0. The summed E-state index contributed by atoms with van der Waals surface area (Å²) in [5, 5.41) is 3.28. The van der Waals surface area contributed by atoms with Crippen LogP contribution in [0.3, 0.4) is 0 Å². The fraction of sp³-hybridized carbons (Fsp3) is 0.556. The molecule has 14 heavy (non-hydrogen) atoms. The molecule has 0 aliphatic heterocycles. The minimum atomic E-state index is -0.276. The van der Waals surface area contributed by atoms with Crippen LogP contribution in [0.25, 0.3) is 0 Å². The molecule has 78 valence electrons. The Bertz CT molecular complexity index is 286. The van der Waals surface area contributed by atoms with Crippen molar-refractivity contribution in [3.8, 4) is 0 Å². The lowest BCUT2D eigenvalue weighted by Crippen LogP contribution is -2.32. The highest BCUT2D eigenvalue weighted by molar-refractivity contribution is 7.09. The first kappa shape index (κ1) is 11.1. The Labute approximate surface area is 87.5 Å². The summed E-state index contributed by atoms with van der Waals surface area (Å²) in [6, 6.07) is 0.321. The van der Waals surface area contributed by atoms with Gasteiger partial charge in [-0.25, -0.2) is 0 Å². The predicted octanol–water partition coefficient (Wildman–Crippen LogP) is 1.06. The first-order valence-corrected chi connectivity index (χ1v) is 5.40. The highest BCUT2D eigenvalue weighted by Gasteiger charge is 2.11. The molecule has 1 aromatic rings. The zero-order valence-electron chi connectivity index (χ0n) is 8.36. The topological polar surface area (TPSA) is 68.0 Å². The number of nitrogens with two attached hydrogens (primary N) is 1. The molecule has 5 heteroatoms. The fourth-order valence-corrected chi connectivity index (χ4v) is 1.95. The summed E-state index contributed by atoms with van der Waals surface area (Å²) in [6.45, 7) is 3.99. The number of rotatable bonds is 5. The Hall–Kier alpha value is -0.940. The molecule has 0 aliphatic rings. The summed E-state index contributed by atoms with van der Waals surface area (Å²) >= 11 is 1.60. The van der Waals surface area contributed by atoms with E-state index in [1.54, 1.807) is 16.8 Å². The lowest BCUT2D eigenvalue weighted by Gasteiger charge is -2.17. The van der Waals surface area contributed by atoms with Gasteiger partial charge in [0.25, 0.3) is 0 Å². The van der Waals surface area contributed by atoms with Crippen molar-refractivity contribution in [2.45, 2.75) is 32.4 Å². The number of nitrogens with one attached hydrogen (secondary N) is 1. The van der Waals surface area contributed by atoms with Gasteiger partial charge in [-0.3, -0.25) is 9.78 Å². The van der Waals surface area contributed by atoms with E-state index in [1.807, 2.05) is 20.0 Å². The van der Waals surface area contributed by atoms with Crippen LogP contribution in [-0.2, 0) is 4.79 Å². The number of carbonyl (C=O) groups is 1. The van der Waals surface area contributed by atoms with E-state index in [4.69, 9.17) is 5.73 Å². The number of nitrogens with zero attached hydrogens (tertiary/aromatic N) is 1. The molecule has 0 saturated heterocycles. The van der Waals surface area contributed by atoms with E-state index in [1.165, 1.54) is 4.88 Å². The molecule has 0 aromatic carbocycles. The van der Waals surface area contributed by atoms with E-state index in [-0.39, 0.29) is 18.0 Å². The van der Waals surface area contributed by atoms with Crippen molar-refractivity contribution in [3.05, 3.63) is 16.6 Å². The van der Waals surface area contributed by atoms with Gasteiger partial charge in [-0.15, -0.1) is 11.3 Å². The van der Waals surface area contributed by atoms with Gasteiger partial charge >= 0.3 is 0 Å². The molecule has 1 aromatic heterocycles. The Morgan fingerprint density at radius 2 is 2.43 bits per heavy atom. The maximum atomic E-state index is 10.7. The van der Waals surface area contributed by atoms with Crippen LogP contribution in [0.5, 0.6) is 0 Å². The zero-order chi connectivity index (χ0) is 10.6. The Morgan fingerprint density at radius 1 is 1.71 bits per heavy atom. The summed E-state index contributed by atoms with van der Waals surface area (Å²) in [4.78, 5) is 15.8. The van der Waals surface area contributed by atoms with Gasteiger partial charge in [0.2, 0.25) is 5.91 Å². The summed E-state index contributed by atoms with van der Waals surface area (Å²) in [7, 11) is 0. The van der Waals surface area contributed by atoms with Crippen LogP contribution in [0.4, 0.5) is 0 Å². The number of primary amides is 1. The summed E-state index contributed by atoms with van der Waals surface area (Å²) in [6.07, 6.45) is 2.20. The number of amides is 1. The first-order chi connectivity index (χ1) is 6.59. The molecule has 2 unspecified atom stereocenters. The van der Waals surface area contributed by atoms with Crippen LogP contribution >= 0.6 is 11.3 Å². The minimum Gasteiger partial charge on any atom is -0.370 e. The molecule has 0 radical (unpaired) electrons. The van der Waals surface area contributed by atoms with Gasteiger partial charge in [0.1, 0.15) is 0 Å². The largest absolute Gasteiger partial charge is 0.370 e. The van der Waals surface area contributed by atoms with Crippen LogP contribution in [0.1, 0.15) is 31.2 Å². The molecular weight excluding hydrogens is 198 g/mol. The van der Waals surface area contributed by atoms with E-state index < -0.39 is 0 Å². The smallest absolute Gasteiger partial charge is 0.218 e. The second-order valence-electron chi connectivity index (χ2n) is 3.36. The van der Waals surface area contributed by atoms with Crippen LogP contribution in [-0.4, -0.2) is 16.9 Å². The number of hydrogen-bond acceptors (Lipinski definition) is 4. The van der Waals surface area contributed by atoms with Crippen LogP contribution in [0.2, 0.25) is 0 Å². The van der Waals surface area contributed by atoms with Gasteiger partial charge in [0.15, 0.2) is 0 Å². The van der Waals surface area contributed by atoms with Crippen molar-refractivity contribution in [2.24, 2.45) is 5.73 Å². The van der Waals surface area contributed by atoms with Gasteiger partial charge in [-0.1, -0.05) is 0 Å². The monoisotopic (exact) mass is 213 g/mol. The van der Waals surface area contributed by atoms with E-state index >= 15 is 0 Å². The third-order valence-electron chi connectivity index (χ3n) is 1.92. The van der Waals surface area contributed by atoms with Crippen LogP contribution in [0, 0.1) is 0 Å². The SMILES string of the molecule is CC(CC(N)=O)NC(C)c1cncs1. The summed E-state index contributed by atoms with van der Waals surface area (Å²) in [5.41, 5.74) is 6.90. The average Bonchev–Trinajstić information content (AvgIpc) is 2.53. The van der Waals surface area contributed by atoms with Gasteiger partial charge in [0.05, 0.1) is 5.51 Å². The molecule has 1 rings (SSSR count). The molecule has 0 fully saturated rings. The third-order valence-corrected chi connectivity index (χ3v) is 2.88. The van der Waals surface area contributed by atoms with Gasteiger partial charge < -0.3 is 11.1 Å². The Balaban J connectivity index is 2.41. The fourth-order valence-electron chi connectivity index (χ4n) is 1.31. The van der Waals surface area contributed by atoms with E-state index in [9.17, 15) is 4.79 Å². The number of aromatic nitrogens is 1. The Kier molecular flexibility index (Phi) is 4.03. The number of thiazole rings is 1. The van der Waals surface area contributed by atoms with Crippen molar-refractivity contribution in [1.82, 2.24) is 10.3 Å². The van der Waals surface area contributed by atoms with Crippen molar-refractivity contribution >= 4 is 17.2 Å². The highest BCUT2D eigenvalue weighted by atomic mass is 32.1. The average molecular weight is 213 g/mol. The van der Waals surface area contributed by atoms with Gasteiger partial charge in [-0.05, 0) is 13.8 Å². The molecule has 0 saturated carbocycles. The lowest BCUT2D eigenvalue weighted by atomic mass is 10.2. The molecule has 0 spiro atoms. The molecule has 1 amide bonds. The number of hydrogen-bond donors (Lipinski definition) is 2. The van der Waals surface area contributed by atoms with Gasteiger partial charge in [0, 0.05) is 29.6 Å². The maximum Gasteiger partial charge on any atom is 0.218 e. The molecule has 1 heterocycles. The second kappa shape index (κ2) is 5.07. The summed E-state index contributed by atoms with van der Waals surface area (Å²) in [5.74, 6) is -0.276. The van der Waals surface area contributed by atoms with E-state index in [0.717, 1.165) is 0 Å². The quantitative estimate of drug-likeness (QED) is 0.768. The van der Waals surface area contributed by atoms with Crippen molar-refractivity contribution in [1.29, 1.82) is 0 Å². The lowest BCUT2D eigenvalue weighted by molar-refractivity contribution is -0.118. The van der Waals surface area contributed by atoms with E-state index in [0.29, 0.717) is 6.42 Å². The molecular formula is C9H15N3OS. The first-order valence-electron chi connectivity index (χ1n) is 4.52. The third kappa shape index (κ3) is 3.43. The molecule has 2 atom stereocenters. The molecule has 0 bridgehead atoms. The highest BCUT2D eigenvalue weighted by Crippen LogP contribution is 2.16. The van der Waals surface area contributed by atoms with E-state index in [2.05, 4.69) is 10.3 Å². The minimum absolute atomic E-state index is 0.101. The summed E-state index contributed by atoms with van der Waals surface area (Å²) < 4.78 is 0. The van der Waals surface area contributed by atoms with Crippen molar-refractivity contribution in [2.75, 3.05) is 0 Å². The molecule has 3 N–H and O–H groups in total. The zero-order valence-corrected chi connectivity index (χ0v) is 9.17. The predicted molar refractivity (Wildman–Crippen MR) is 56.9 cm³/mol. The second-order valence-corrected chi connectivity index (χ2v) is 4.28. The van der Waals surface area contributed by atoms with Crippen LogP contribution in [0.15, 0.2) is 11.7 Å². The maximum absolute atomic E-state index is 10.7. The van der Waals surface area contributed by atoms with Crippen LogP contribution < -0.4 is 11.1 Å². The standard InChI is InChI=1S/C9H15N3OS/c1-6(3-9(10)13)12-7(2)8-4-11-5-14-8/h4-7,12H,3H2,1-2H3,(H2,10,13). The number of carbonyl (C=O) groups excluding carboxylic acids is 1. The molecule has 0 aliphatic carbocycles. The van der Waals surface area contributed by atoms with Gasteiger partial charge in [-0.2, -0.15) is 0 Å². The van der Waals surface area contributed by atoms with Crippen molar-refractivity contribution in [3.63, 3.8) is 0 Å².